The van der Waals surface area contributed by atoms with E-state index in [9.17, 15) is 5.11 Å². The second-order valence-electron chi connectivity index (χ2n) is 4.74. The summed E-state index contributed by atoms with van der Waals surface area (Å²) in [7, 11) is 1.93. The Hall–Kier alpha value is -2.38. The highest BCUT2D eigenvalue weighted by molar-refractivity contribution is 5.58. The molecule has 0 bridgehead atoms. The highest BCUT2D eigenvalue weighted by atomic mass is 16.3. The van der Waals surface area contributed by atoms with Crippen molar-refractivity contribution in [1.29, 1.82) is 5.26 Å². The smallest absolute Gasteiger partial charge is 0.0992 e. The van der Waals surface area contributed by atoms with Crippen LogP contribution in [0.15, 0.2) is 42.6 Å². The summed E-state index contributed by atoms with van der Waals surface area (Å²) in [6.45, 7) is 2.34. The van der Waals surface area contributed by atoms with Gasteiger partial charge in [-0.25, -0.2) is 0 Å². The molecule has 0 fully saturated rings. The molecule has 1 aromatic carbocycles. The van der Waals surface area contributed by atoms with Crippen LogP contribution < -0.4 is 4.90 Å². The van der Waals surface area contributed by atoms with Crippen molar-refractivity contribution < 1.29 is 5.11 Å². The molecule has 1 atom stereocenters. The Balaban J connectivity index is 2.32. The third-order valence-corrected chi connectivity index (χ3v) is 3.15. The monoisotopic (exact) mass is 267 g/mol. The van der Waals surface area contributed by atoms with Gasteiger partial charge in [0.2, 0.25) is 0 Å². The number of benzene rings is 1. The molecule has 0 spiro atoms. The average molecular weight is 267 g/mol. The molecule has 1 N–H and O–H groups in total. The van der Waals surface area contributed by atoms with E-state index >= 15 is 0 Å². The molecule has 0 aliphatic carbocycles. The van der Waals surface area contributed by atoms with E-state index in [4.69, 9.17) is 5.26 Å². The highest BCUT2D eigenvalue weighted by Gasteiger charge is 2.13. The SMILES string of the molecule is C[C@@H](O)c1ccc(C#N)cc1N(C)Cc1ccccn1. The van der Waals surface area contributed by atoms with Crippen molar-refractivity contribution in [2.45, 2.75) is 19.6 Å². The van der Waals surface area contributed by atoms with Gasteiger partial charge in [0, 0.05) is 24.5 Å². The molecule has 1 aromatic heterocycles. The number of hydrogen-bond donors (Lipinski definition) is 1. The lowest BCUT2D eigenvalue weighted by Gasteiger charge is -2.23. The normalized spacial score (nSPS) is 11.7. The van der Waals surface area contributed by atoms with Crippen LogP contribution in [0.3, 0.4) is 0 Å². The molecule has 0 unspecified atom stereocenters. The summed E-state index contributed by atoms with van der Waals surface area (Å²) < 4.78 is 0. The summed E-state index contributed by atoms with van der Waals surface area (Å²) in [5.41, 5.74) is 3.18. The molecule has 102 valence electrons. The number of anilines is 1. The second kappa shape index (κ2) is 6.18. The van der Waals surface area contributed by atoms with Crippen molar-refractivity contribution in [3.8, 4) is 6.07 Å². The molecule has 2 aromatic rings. The molecule has 0 radical (unpaired) electrons. The van der Waals surface area contributed by atoms with Gasteiger partial charge in [-0.2, -0.15) is 5.26 Å². The van der Waals surface area contributed by atoms with Gasteiger partial charge in [-0.05, 0) is 31.2 Å². The maximum atomic E-state index is 9.86. The van der Waals surface area contributed by atoms with E-state index in [-0.39, 0.29) is 0 Å². The first-order valence-corrected chi connectivity index (χ1v) is 6.45. The summed E-state index contributed by atoms with van der Waals surface area (Å²) in [5, 5.41) is 18.9. The Morgan fingerprint density at radius 2 is 2.15 bits per heavy atom. The number of hydrogen-bond acceptors (Lipinski definition) is 4. The molecular formula is C16H17N3O. The van der Waals surface area contributed by atoms with Gasteiger partial charge < -0.3 is 10.0 Å². The number of aromatic nitrogens is 1. The van der Waals surface area contributed by atoms with E-state index in [1.54, 1.807) is 31.3 Å². The predicted octanol–water partition coefficient (Wildman–Crippen LogP) is 2.64. The summed E-state index contributed by atoms with van der Waals surface area (Å²) >= 11 is 0. The van der Waals surface area contributed by atoms with Crippen LogP contribution in [-0.2, 0) is 6.54 Å². The van der Waals surface area contributed by atoms with Crippen LogP contribution in [-0.4, -0.2) is 17.1 Å². The lowest BCUT2D eigenvalue weighted by atomic mass is 10.0. The van der Waals surface area contributed by atoms with Gasteiger partial charge in [-0.15, -0.1) is 0 Å². The summed E-state index contributed by atoms with van der Waals surface area (Å²) in [6, 6.07) is 13.2. The first-order chi connectivity index (χ1) is 9.61. The van der Waals surface area contributed by atoms with Crippen LogP contribution in [0.25, 0.3) is 0 Å². The van der Waals surface area contributed by atoms with Crippen molar-refractivity contribution in [3.05, 3.63) is 59.4 Å². The fourth-order valence-corrected chi connectivity index (χ4v) is 2.12. The second-order valence-corrected chi connectivity index (χ2v) is 4.74. The fraction of sp³-hybridized carbons (Fsp3) is 0.250. The summed E-state index contributed by atoms with van der Waals surface area (Å²) in [5.74, 6) is 0. The van der Waals surface area contributed by atoms with Gasteiger partial charge >= 0.3 is 0 Å². The van der Waals surface area contributed by atoms with Crippen molar-refractivity contribution in [3.63, 3.8) is 0 Å². The van der Waals surface area contributed by atoms with E-state index < -0.39 is 6.10 Å². The van der Waals surface area contributed by atoms with Crippen molar-refractivity contribution in [2.24, 2.45) is 0 Å². The topological polar surface area (TPSA) is 60.1 Å². The maximum absolute atomic E-state index is 9.86. The Kier molecular flexibility index (Phi) is 4.34. The standard InChI is InChI=1S/C16H17N3O/c1-12(20)15-7-6-13(10-17)9-16(15)19(2)11-14-5-3-4-8-18-14/h3-9,12,20H,11H2,1-2H3/t12-/m1/s1. The molecule has 20 heavy (non-hydrogen) atoms. The quantitative estimate of drug-likeness (QED) is 0.925. The minimum Gasteiger partial charge on any atom is -0.389 e. The predicted molar refractivity (Wildman–Crippen MR) is 78.1 cm³/mol. The number of aliphatic hydroxyl groups excluding tert-OH is 1. The molecule has 2 rings (SSSR count). The lowest BCUT2D eigenvalue weighted by molar-refractivity contribution is 0.199. The summed E-state index contributed by atoms with van der Waals surface area (Å²) in [4.78, 5) is 6.28. The van der Waals surface area contributed by atoms with E-state index in [2.05, 4.69) is 11.1 Å². The van der Waals surface area contributed by atoms with Crippen molar-refractivity contribution in [2.75, 3.05) is 11.9 Å². The molecule has 1 heterocycles. The number of rotatable bonds is 4. The van der Waals surface area contributed by atoms with E-state index in [1.807, 2.05) is 30.1 Å². The minimum atomic E-state index is -0.580. The van der Waals surface area contributed by atoms with Crippen LogP contribution in [0, 0.1) is 11.3 Å². The molecule has 0 amide bonds. The van der Waals surface area contributed by atoms with E-state index in [0.717, 1.165) is 16.9 Å². The molecular weight excluding hydrogens is 250 g/mol. The van der Waals surface area contributed by atoms with Crippen molar-refractivity contribution in [1.82, 2.24) is 4.98 Å². The first kappa shape index (κ1) is 14.0. The van der Waals surface area contributed by atoms with Crippen LogP contribution in [0.5, 0.6) is 0 Å². The number of aliphatic hydroxyl groups is 1. The number of nitrogens with zero attached hydrogens (tertiary/aromatic N) is 3. The Morgan fingerprint density at radius 1 is 1.35 bits per heavy atom. The summed E-state index contributed by atoms with van der Waals surface area (Å²) in [6.07, 6.45) is 1.17. The lowest BCUT2D eigenvalue weighted by Crippen LogP contribution is -2.19. The Morgan fingerprint density at radius 3 is 2.75 bits per heavy atom. The van der Waals surface area contributed by atoms with E-state index in [0.29, 0.717) is 12.1 Å². The van der Waals surface area contributed by atoms with Crippen molar-refractivity contribution >= 4 is 5.69 Å². The third kappa shape index (κ3) is 3.14. The van der Waals surface area contributed by atoms with Crippen LogP contribution in [0.4, 0.5) is 5.69 Å². The van der Waals surface area contributed by atoms with Crippen LogP contribution >= 0.6 is 0 Å². The fourth-order valence-electron chi connectivity index (χ4n) is 2.12. The third-order valence-electron chi connectivity index (χ3n) is 3.15. The zero-order valence-electron chi connectivity index (χ0n) is 11.6. The van der Waals surface area contributed by atoms with Gasteiger partial charge in [0.1, 0.15) is 0 Å². The van der Waals surface area contributed by atoms with E-state index in [1.165, 1.54) is 0 Å². The van der Waals surface area contributed by atoms with Crippen LogP contribution in [0.2, 0.25) is 0 Å². The number of nitriles is 1. The van der Waals surface area contributed by atoms with Crippen LogP contribution in [0.1, 0.15) is 29.8 Å². The number of pyridine rings is 1. The molecule has 0 aliphatic rings. The van der Waals surface area contributed by atoms with Gasteiger partial charge in [0.25, 0.3) is 0 Å². The minimum absolute atomic E-state index is 0.580. The Labute approximate surface area is 118 Å². The van der Waals surface area contributed by atoms with Gasteiger partial charge in [0.15, 0.2) is 0 Å². The zero-order valence-corrected chi connectivity index (χ0v) is 11.6. The first-order valence-electron chi connectivity index (χ1n) is 6.45. The maximum Gasteiger partial charge on any atom is 0.0992 e. The molecule has 0 saturated carbocycles. The average Bonchev–Trinajstić information content (AvgIpc) is 2.47. The highest BCUT2D eigenvalue weighted by Crippen LogP contribution is 2.27. The molecule has 0 aliphatic heterocycles. The Bertz CT molecular complexity index is 617. The zero-order chi connectivity index (χ0) is 14.5. The van der Waals surface area contributed by atoms with Gasteiger partial charge in [0.05, 0.1) is 30.0 Å². The van der Waals surface area contributed by atoms with Gasteiger partial charge in [-0.1, -0.05) is 12.1 Å². The molecule has 4 nitrogen and oxygen atoms in total. The van der Waals surface area contributed by atoms with Gasteiger partial charge in [-0.3, -0.25) is 4.98 Å². The molecule has 0 saturated heterocycles. The molecule has 4 heteroatoms. The largest absolute Gasteiger partial charge is 0.389 e.